The van der Waals surface area contributed by atoms with Gasteiger partial charge in [0.2, 0.25) is 5.82 Å². The normalized spacial score (nSPS) is 21.3. The van der Waals surface area contributed by atoms with Gasteiger partial charge in [-0.1, -0.05) is 12.1 Å². The molecular formula is C34H30F8N4O5. The molecule has 3 aromatic rings. The van der Waals surface area contributed by atoms with E-state index in [0.717, 1.165) is 23.6 Å². The number of aromatic nitrogens is 1. The zero-order chi connectivity index (χ0) is 36.9. The summed E-state index contributed by atoms with van der Waals surface area (Å²) >= 11 is 0. The van der Waals surface area contributed by atoms with Gasteiger partial charge in [-0.25, -0.2) is 9.40 Å². The van der Waals surface area contributed by atoms with Gasteiger partial charge >= 0.3 is 12.4 Å². The number of ether oxygens (including phenoxy) is 2. The van der Waals surface area contributed by atoms with Crippen LogP contribution in [0.4, 0.5) is 40.8 Å². The van der Waals surface area contributed by atoms with Crippen molar-refractivity contribution in [2.45, 2.75) is 63.1 Å². The predicted molar refractivity (Wildman–Crippen MR) is 164 cm³/mol. The standard InChI is InChI=1S/C34H30F8N4O5/c1-32-11-3-12-46(32)45(16-19-5-9-24(28(36)27(19)35)51-17-21-4-2-13-50-21)31(49)26(29(32)47)30(48)44-23-8-7-20(33(37,38)39)14-22(23)18-6-10-25(43-15-18)34(40,41)42/h5-10,14-15,21,47H,2-4,11-13,16-17H2,1H3,(H,44,48)/t21-,32-/m1/s1. The smallest absolute Gasteiger partial charge is 0.433 e. The Hall–Kier alpha value is -4.77. The van der Waals surface area contributed by atoms with Gasteiger partial charge in [-0.2, -0.15) is 30.7 Å². The van der Waals surface area contributed by atoms with Gasteiger partial charge in [-0.3, -0.25) is 19.6 Å². The van der Waals surface area contributed by atoms with E-state index >= 15 is 8.78 Å². The fourth-order valence-electron chi connectivity index (χ4n) is 6.45. The van der Waals surface area contributed by atoms with Gasteiger partial charge in [0, 0.05) is 41.7 Å². The molecule has 0 bridgehead atoms. The number of benzene rings is 2. The molecular weight excluding hydrogens is 696 g/mol. The van der Waals surface area contributed by atoms with E-state index in [9.17, 15) is 41.0 Å². The average molecular weight is 727 g/mol. The number of alkyl halides is 6. The van der Waals surface area contributed by atoms with Crippen LogP contribution in [0.5, 0.6) is 5.75 Å². The first-order valence-electron chi connectivity index (χ1n) is 15.8. The number of nitrogens with zero attached hydrogens (tertiary/aromatic N) is 3. The molecule has 0 saturated carbocycles. The highest BCUT2D eigenvalue weighted by molar-refractivity contribution is 6.24. The Morgan fingerprint density at radius 2 is 1.82 bits per heavy atom. The fourth-order valence-corrected chi connectivity index (χ4v) is 6.45. The lowest BCUT2D eigenvalue weighted by atomic mass is 9.90. The molecule has 9 nitrogen and oxygen atoms in total. The Balaban J connectivity index is 1.31. The maximum Gasteiger partial charge on any atom is 0.433 e. The van der Waals surface area contributed by atoms with Crippen LogP contribution in [-0.4, -0.2) is 63.3 Å². The number of rotatable bonds is 8. The molecule has 0 unspecified atom stereocenters. The number of carbonyl (C=O) groups excluding carboxylic acids is 2. The van der Waals surface area contributed by atoms with Crippen LogP contribution in [0.25, 0.3) is 11.1 Å². The lowest BCUT2D eigenvalue weighted by molar-refractivity contribution is -0.160. The van der Waals surface area contributed by atoms with Crippen LogP contribution >= 0.6 is 0 Å². The number of amides is 2. The molecule has 2 saturated heterocycles. The van der Waals surface area contributed by atoms with E-state index in [4.69, 9.17) is 9.47 Å². The topological polar surface area (TPSA) is 104 Å². The quantitative estimate of drug-likeness (QED) is 0.187. The number of aliphatic hydroxyl groups excluding tert-OH is 1. The number of fused-ring (bicyclic) bond motifs is 1. The lowest BCUT2D eigenvalue weighted by Gasteiger charge is -2.46. The van der Waals surface area contributed by atoms with Crippen LogP contribution in [0.2, 0.25) is 0 Å². The predicted octanol–water partition coefficient (Wildman–Crippen LogP) is 7.18. The highest BCUT2D eigenvalue weighted by Gasteiger charge is 2.53. The van der Waals surface area contributed by atoms with Crippen LogP contribution in [0.1, 0.15) is 49.4 Å². The molecule has 2 N–H and O–H groups in total. The van der Waals surface area contributed by atoms with Gasteiger partial charge in [-0.15, -0.1) is 0 Å². The zero-order valence-electron chi connectivity index (χ0n) is 26.8. The average Bonchev–Trinajstić information content (AvgIpc) is 3.74. The summed E-state index contributed by atoms with van der Waals surface area (Å²) in [5.41, 5.74) is -5.91. The first-order chi connectivity index (χ1) is 24.0. The summed E-state index contributed by atoms with van der Waals surface area (Å²) in [6.45, 7) is 1.69. The van der Waals surface area contributed by atoms with Crippen molar-refractivity contribution >= 4 is 17.5 Å². The van der Waals surface area contributed by atoms with E-state index in [2.05, 4.69) is 10.3 Å². The van der Waals surface area contributed by atoms with E-state index in [0.29, 0.717) is 43.8 Å². The van der Waals surface area contributed by atoms with Crippen molar-refractivity contribution in [1.29, 1.82) is 0 Å². The third-order valence-corrected chi connectivity index (χ3v) is 9.17. The molecule has 3 aliphatic rings. The maximum atomic E-state index is 15.4. The zero-order valence-corrected chi connectivity index (χ0v) is 26.8. The third-order valence-electron chi connectivity index (χ3n) is 9.17. The van der Waals surface area contributed by atoms with Crippen LogP contribution in [0.15, 0.2) is 60.0 Å². The molecule has 3 aliphatic heterocycles. The van der Waals surface area contributed by atoms with E-state index in [1.807, 2.05) is 0 Å². The Morgan fingerprint density at radius 1 is 1.06 bits per heavy atom. The number of halogens is 8. The molecule has 0 spiro atoms. The Kier molecular flexibility index (Phi) is 9.48. The second-order valence-corrected chi connectivity index (χ2v) is 12.5. The number of hydrazine groups is 1. The summed E-state index contributed by atoms with van der Waals surface area (Å²) in [6, 6.07) is 5.89. The van der Waals surface area contributed by atoms with Crippen molar-refractivity contribution in [1.82, 2.24) is 15.0 Å². The van der Waals surface area contributed by atoms with Gasteiger partial charge in [-0.05, 0) is 62.9 Å². The maximum absolute atomic E-state index is 15.4. The van der Waals surface area contributed by atoms with Gasteiger partial charge in [0.1, 0.15) is 23.6 Å². The van der Waals surface area contributed by atoms with Gasteiger partial charge in [0.05, 0.1) is 23.8 Å². The molecule has 1 aromatic heterocycles. The molecule has 17 heteroatoms. The van der Waals surface area contributed by atoms with Crippen molar-refractivity contribution in [2.75, 3.05) is 25.1 Å². The monoisotopic (exact) mass is 726 g/mol. The summed E-state index contributed by atoms with van der Waals surface area (Å²) in [4.78, 5) is 31.0. The Morgan fingerprint density at radius 3 is 2.47 bits per heavy atom. The minimum Gasteiger partial charge on any atom is -0.509 e. The second kappa shape index (κ2) is 13.4. The van der Waals surface area contributed by atoms with Crippen LogP contribution in [0.3, 0.4) is 0 Å². The van der Waals surface area contributed by atoms with Crippen LogP contribution in [-0.2, 0) is 33.2 Å². The number of carbonyl (C=O) groups is 2. The van der Waals surface area contributed by atoms with Crippen molar-refractivity contribution in [3.05, 3.63) is 88.4 Å². The number of hydrogen-bond acceptors (Lipinski definition) is 7. The second-order valence-electron chi connectivity index (χ2n) is 12.5. The minimum absolute atomic E-state index is 0.00498. The molecule has 2 amide bonds. The largest absolute Gasteiger partial charge is 0.509 e. The summed E-state index contributed by atoms with van der Waals surface area (Å²) in [5.74, 6) is -6.02. The number of pyridine rings is 1. The number of nitrogens with one attached hydrogen (secondary N) is 1. The van der Waals surface area contributed by atoms with Crippen molar-refractivity contribution < 1.29 is 59.3 Å². The van der Waals surface area contributed by atoms with Gasteiger partial charge < -0.3 is 19.9 Å². The van der Waals surface area contributed by atoms with Gasteiger partial charge in [0.15, 0.2) is 11.6 Å². The summed E-state index contributed by atoms with van der Waals surface area (Å²) in [5, 5.41) is 16.1. The van der Waals surface area contributed by atoms with Crippen LogP contribution in [0, 0.1) is 11.6 Å². The highest BCUT2D eigenvalue weighted by Crippen LogP contribution is 2.43. The van der Waals surface area contributed by atoms with Crippen molar-refractivity contribution in [3.8, 4) is 16.9 Å². The summed E-state index contributed by atoms with van der Waals surface area (Å²) in [7, 11) is 0. The third kappa shape index (κ3) is 6.96. The summed E-state index contributed by atoms with van der Waals surface area (Å²) < 4.78 is 122. The molecule has 4 heterocycles. The molecule has 51 heavy (non-hydrogen) atoms. The molecule has 6 rings (SSSR count). The Labute approximate surface area is 285 Å². The summed E-state index contributed by atoms with van der Waals surface area (Å²) in [6.07, 6.45) is -7.11. The number of hydrogen-bond donors (Lipinski definition) is 2. The molecule has 2 aromatic carbocycles. The van der Waals surface area contributed by atoms with E-state index < -0.39 is 70.5 Å². The lowest BCUT2D eigenvalue weighted by Crippen LogP contribution is -2.60. The van der Waals surface area contributed by atoms with E-state index in [-0.39, 0.29) is 53.8 Å². The highest BCUT2D eigenvalue weighted by atomic mass is 19.4. The number of aliphatic hydroxyl groups is 1. The minimum atomic E-state index is -4.87. The van der Waals surface area contributed by atoms with E-state index in [1.165, 1.54) is 24.1 Å². The SMILES string of the molecule is C[C@]12CCCN1N(Cc1ccc(OC[C@H]3CCCO3)c(F)c1F)C(=O)C(C(=O)Nc1ccc(C(F)(F)F)cc1-c1ccc(C(F)(F)F)nc1)=C2O. The number of anilines is 1. The molecule has 2 atom stereocenters. The first-order valence-corrected chi connectivity index (χ1v) is 15.8. The van der Waals surface area contributed by atoms with Crippen molar-refractivity contribution in [3.63, 3.8) is 0 Å². The van der Waals surface area contributed by atoms with Gasteiger partial charge in [0.25, 0.3) is 11.8 Å². The first kappa shape index (κ1) is 36.0. The molecule has 0 radical (unpaired) electrons. The Bertz CT molecular complexity index is 1880. The molecule has 0 aliphatic carbocycles. The fraction of sp³-hybridized carbons (Fsp3) is 0.382. The van der Waals surface area contributed by atoms with E-state index in [1.54, 1.807) is 0 Å². The molecule has 272 valence electrons. The molecule has 2 fully saturated rings. The van der Waals surface area contributed by atoms with Crippen LogP contribution < -0.4 is 10.1 Å². The van der Waals surface area contributed by atoms with Crippen molar-refractivity contribution in [2.24, 2.45) is 0 Å².